The van der Waals surface area contributed by atoms with Crippen molar-refractivity contribution in [2.24, 2.45) is 4.99 Å². The Balaban J connectivity index is 1.76. The van der Waals surface area contributed by atoms with E-state index in [4.69, 9.17) is 21.3 Å². The number of nitrogens with zero attached hydrogens (tertiary/aromatic N) is 2. The van der Waals surface area contributed by atoms with Crippen molar-refractivity contribution >= 4 is 23.4 Å². The van der Waals surface area contributed by atoms with Crippen LogP contribution in [0.15, 0.2) is 58.9 Å². The number of nitrogens with one attached hydrogen (secondary N) is 2. The van der Waals surface area contributed by atoms with E-state index >= 15 is 0 Å². The van der Waals surface area contributed by atoms with Crippen molar-refractivity contribution in [1.82, 2.24) is 15.6 Å². The standard InChI is InChI=1S/C24H26ClFN4O2/c1-32-24(31)21-20(14-28-16-7-3-2-4-8-16)29-23(19-9-5-6-12-27-19)30-22(21)17-11-10-15(26)13-18(17)25/h5-6,9-13,16,22,28H,2-4,7-8,14H2,1H3,(H,29,30). The molecule has 1 aliphatic heterocycles. The van der Waals surface area contributed by atoms with Gasteiger partial charge in [0.15, 0.2) is 5.84 Å². The highest BCUT2D eigenvalue weighted by Gasteiger charge is 2.33. The van der Waals surface area contributed by atoms with Crippen LogP contribution in [0, 0.1) is 5.82 Å². The Bertz CT molecular complexity index is 1040. The van der Waals surface area contributed by atoms with Crippen molar-refractivity contribution in [3.05, 3.63) is 76.0 Å². The fourth-order valence-corrected chi connectivity index (χ4v) is 4.49. The highest BCUT2D eigenvalue weighted by atomic mass is 35.5. The van der Waals surface area contributed by atoms with Crippen molar-refractivity contribution in [2.75, 3.05) is 13.7 Å². The van der Waals surface area contributed by atoms with E-state index in [9.17, 15) is 9.18 Å². The lowest BCUT2D eigenvalue weighted by atomic mass is 9.93. The number of carbonyl (C=O) groups is 1. The van der Waals surface area contributed by atoms with Crippen LogP contribution < -0.4 is 10.6 Å². The van der Waals surface area contributed by atoms with Gasteiger partial charge in [-0.25, -0.2) is 9.18 Å². The molecule has 0 saturated heterocycles. The predicted octanol–water partition coefficient (Wildman–Crippen LogP) is 4.31. The number of benzene rings is 1. The highest BCUT2D eigenvalue weighted by Crippen LogP contribution is 2.36. The molecule has 8 heteroatoms. The maximum absolute atomic E-state index is 13.7. The second kappa shape index (κ2) is 10.2. The van der Waals surface area contributed by atoms with Crippen molar-refractivity contribution in [3.8, 4) is 0 Å². The molecule has 2 aromatic rings. The molecule has 1 saturated carbocycles. The van der Waals surface area contributed by atoms with Gasteiger partial charge in [0.1, 0.15) is 17.6 Å². The number of methoxy groups -OCH3 is 1. The number of aliphatic imine (C=N–C) groups is 1. The van der Waals surface area contributed by atoms with Crippen LogP contribution in [0.4, 0.5) is 4.39 Å². The quantitative estimate of drug-likeness (QED) is 0.633. The number of hydrogen-bond acceptors (Lipinski definition) is 6. The lowest BCUT2D eigenvalue weighted by molar-refractivity contribution is -0.136. The van der Waals surface area contributed by atoms with Crippen LogP contribution in [0.1, 0.15) is 49.4 Å². The zero-order valence-corrected chi connectivity index (χ0v) is 18.7. The fraction of sp³-hybridized carbons (Fsp3) is 0.375. The van der Waals surface area contributed by atoms with Gasteiger partial charge >= 0.3 is 5.97 Å². The van der Waals surface area contributed by atoms with Crippen LogP contribution in [0.2, 0.25) is 5.02 Å². The minimum absolute atomic E-state index is 0.196. The summed E-state index contributed by atoms with van der Waals surface area (Å²) in [7, 11) is 1.34. The summed E-state index contributed by atoms with van der Waals surface area (Å²) in [5, 5.41) is 7.06. The lowest BCUT2D eigenvalue weighted by Gasteiger charge is -2.30. The van der Waals surface area contributed by atoms with Gasteiger partial charge in [0, 0.05) is 35.1 Å². The minimum atomic E-state index is -0.753. The van der Waals surface area contributed by atoms with Gasteiger partial charge in [-0.05, 0) is 37.1 Å². The van der Waals surface area contributed by atoms with Gasteiger partial charge in [-0.1, -0.05) is 43.0 Å². The topological polar surface area (TPSA) is 75.6 Å². The number of amidine groups is 1. The zero-order valence-electron chi connectivity index (χ0n) is 17.9. The number of ether oxygens (including phenoxy) is 1. The van der Waals surface area contributed by atoms with E-state index in [0.29, 0.717) is 40.9 Å². The predicted molar refractivity (Wildman–Crippen MR) is 122 cm³/mol. The van der Waals surface area contributed by atoms with Gasteiger partial charge in [0.05, 0.1) is 12.7 Å². The Morgan fingerprint density at radius 2 is 2.06 bits per heavy atom. The summed E-state index contributed by atoms with van der Waals surface area (Å²) in [5.41, 5.74) is 2.17. The van der Waals surface area contributed by atoms with Gasteiger partial charge in [-0.2, -0.15) is 0 Å². The first kappa shape index (κ1) is 22.4. The molecule has 1 unspecified atom stereocenters. The molecular weight excluding hydrogens is 431 g/mol. The van der Waals surface area contributed by atoms with E-state index in [1.54, 1.807) is 12.3 Å². The maximum Gasteiger partial charge on any atom is 0.338 e. The average molecular weight is 457 g/mol. The van der Waals surface area contributed by atoms with Crippen molar-refractivity contribution in [3.63, 3.8) is 0 Å². The molecule has 2 heterocycles. The summed E-state index contributed by atoms with van der Waals surface area (Å²) in [4.78, 5) is 22.0. The SMILES string of the molecule is COC(=O)C1=C(CNC2CCCCC2)NC(c2ccccn2)=NC1c1ccc(F)cc1Cl. The number of esters is 1. The molecule has 1 atom stereocenters. The molecule has 0 bridgehead atoms. The van der Waals surface area contributed by atoms with Gasteiger partial charge < -0.3 is 15.4 Å². The Morgan fingerprint density at radius 3 is 2.75 bits per heavy atom. The molecule has 168 valence electrons. The van der Waals surface area contributed by atoms with E-state index in [0.717, 1.165) is 12.8 Å². The summed E-state index contributed by atoms with van der Waals surface area (Å²) in [5.74, 6) is -0.444. The molecule has 0 spiro atoms. The molecule has 0 radical (unpaired) electrons. The van der Waals surface area contributed by atoms with Gasteiger partial charge in [0.25, 0.3) is 0 Å². The molecule has 32 heavy (non-hydrogen) atoms. The molecule has 1 fully saturated rings. The summed E-state index contributed by atoms with van der Waals surface area (Å²) in [6.07, 6.45) is 7.54. The number of pyridine rings is 1. The van der Waals surface area contributed by atoms with Gasteiger partial charge in [0.2, 0.25) is 0 Å². The Labute approximate surface area is 191 Å². The summed E-state index contributed by atoms with van der Waals surface area (Å²) < 4.78 is 18.8. The number of rotatable bonds is 6. The maximum atomic E-state index is 13.7. The minimum Gasteiger partial charge on any atom is -0.466 e. The molecule has 1 aromatic carbocycles. The molecule has 2 N–H and O–H groups in total. The van der Waals surface area contributed by atoms with Crippen molar-refractivity contribution < 1.29 is 13.9 Å². The zero-order chi connectivity index (χ0) is 22.5. The third-order valence-corrected chi connectivity index (χ3v) is 6.20. The lowest BCUT2D eigenvalue weighted by Crippen LogP contribution is -2.41. The Kier molecular flexibility index (Phi) is 7.17. The number of carbonyl (C=O) groups excluding carboxylic acids is 1. The van der Waals surface area contributed by atoms with Crippen LogP contribution in [0.25, 0.3) is 0 Å². The van der Waals surface area contributed by atoms with Crippen LogP contribution in [0.3, 0.4) is 0 Å². The molecule has 1 aromatic heterocycles. The largest absolute Gasteiger partial charge is 0.466 e. The van der Waals surface area contributed by atoms with Crippen molar-refractivity contribution in [1.29, 1.82) is 0 Å². The van der Waals surface area contributed by atoms with E-state index < -0.39 is 17.8 Å². The Hall–Kier alpha value is -2.77. The first-order chi connectivity index (χ1) is 15.6. The molecule has 2 aliphatic rings. The number of hydrogen-bond donors (Lipinski definition) is 2. The Morgan fingerprint density at radius 1 is 1.25 bits per heavy atom. The summed E-state index contributed by atoms with van der Waals surface area (Å²) in [6, 6.07) is 9.26. The van der Waals surface area contributed by atoms with Crippen molar-refractivity contribution in [2.45, 2.75) is 44.2 Å². The average Bonchev–Trinajstić information content (AvgIpc) is 2.83. The third-order valence-electron chi connectivity index (χ3n) is 5.87. The normalized spacial score (nSPS) is 19.3. The van der Waals surface area contributed by atoms with E-state index in [1.807, 2.05) is 18.2 Å². The van der Waals surface area contributed by atoms with Gasteiger partial charge in [-0.3, -0.25) is 9.98 Å². The highest BCUT2D eigenvalue weighted by molar-refractivity contribution is 6.31. The number of halogens is 2. The molecule has 4 rings (SSSR count). The monoisotopic (exact) mass is 456 g/mol. The molecule has 6 nitrogen and oxygen atoms in total. The smallest absolute Gasteiger partial charge is 0.338 e. The second-order valence-electron chi connectivity index (χ2n) is 7.99. The number of aromatic nitrogens is 1. The molecular formula is C24H26ClFN4O2. The first-order valence-corrected chi connectivity index (χ1v) is 11.2. The van der Waals surface area contributed by atoms with Gasteiger partial charge in [-0.15, -0.1) is 0 Å². The van der Waals surface area contributed by atoms with E-state index in [2.05, 4.69) is 15.6 Å². The van der Waals surface area contributed by atoms with E-state index in [1.165, 1.54) is 38.5 Å². The summed E-state index contributed by atoms with van der Waals surface area (Å²) in [6.45, 7) is 0.441. The van der Waals surface area contributed by atoms with Crippen LogP contribution in [-0.4, -0.2) is 36.5 Å². The van der Waals surface area contributed by atoms with E-state index in [-0.39, 0.29) is 5.02 Å². The second-order valence-corrected chi connectivity index (χ2v) is 8.39. The fourth-order valence-electron chi connectivity index (χ4n) is 4.22. The van der Waals surface area contributed by atoms with Crippen LogP contribution >= 0.6 is 11.6 Å². The first-order valence-electron chi connectivity index (χ1n) is 10.8. The molecule has 0 amide bonds. The van der Waals surface area contributed by atoms with Crippen LogP contribution in [-0.2, 0) is 9.53 Å². The molecule has 1 aliphatic carbocycles. The third kappa shape index (κ3) is 5.00. The summed E-state index contributed by atoms with van der Waals surface area (Å²) >= 11 is 6.38. The van der Waals surface area contributed by atoms with Crippen LogP contribution in [0.5, 0.6) is 0 Å².